The SMILES string of the molecule is CCCOc1ccc(F)c2c(=O)c(-c3ccc(OC)cc3)cn(CCS(=O)(=O)CC=O)c12. The third kappa shape index (κ3) is 4.99. The molecule has 9 heteroatoms. The molecular weight excluding hydrogens is 437 g/mol. The Morgan fingerprint density at radius 3 is 2.47 bits per heavy atom. The van der Waals surface area contributed by atoms with Crippen LogP contribution in [-0.2, 0) is 21.2 Å². The van der Waals surface area contributed by atoms with Gasteiger partial charge in [0.25, 0.3) is 0 Å². The molecule has 0 fully saturated rings. The number of sulfone groups is 1. The Kier molecular flexibility index (Phi) is 7.29. The number of carbonyl (C=O) groups excluding carboxylic acids is 1. The Hall–Kier alpha value is -3.20. The first-order valence-corrected chi connectivity index (χ1v) is 11.9. The highest BCUT2D eigenvalue weighted by molar-refractivity contribution is 7.91. The van der Waals surface area contributed by atoms with E-state index in [0.717, 1.165) is 0 Å². The van der Waals surface area contributed by atoms with Crippen LogP contribution in [0.1, 0.15) is 13.3 Å². The molecule has 0 aliphatic rings. The number of carbonyl (C=O) groups is 1. The zero-order chi connectivity index (χ0) is 23.3. The lowest BCUT2D eigenvalue weighted by Crippen LogP contribution is -2.20. The van der Waals surface area contributed by atoms with Crippen molar-refractivity contribution in [3.63, 3.8) is 0 Å². The van der Waals surface area contributed by atoms with Crippen LogP contribution >= 0.6 is 0 Å². The van der Waals surface area contributed by atoms with Crippen molar-refractivity contribution in [1.29, 1.82) is 0 Å². The molecule has 170 valence electrons. The average molecular weight is 462 g/mol. The smallest absolute Gasteiger partial charge is 0.200 e. The normalized spacial score (nSPS) is 11.5. The number of fused-ring (bicyclic) bond motifs is 1. The number of methoxy groups -OCH3 is 1. The van der Waals surface area contributed by atoms with E-state index in [-0.39, 0.29) is 34.5 Å². The van der Waals surface area contributed by atoms with Crippen LogP contribution in [0.4, 0.5) is 4.39 Å². The number of ether oxygens (including phenoxy) is 2. The molecule has 2 aromatic carbocycles. The van der Waals surface area contributed by atoms with E-state index in [4.69, 9.17) is 9.47 Å². The molecule has 7 nitrogen and oxygen atoms in total. The summed E-state index contributed by atoms with van der Waals surface area (Å²) in [5.74, 6) is -0.807. The van der Waals surface area contributed by atoms with E-state index >= 15 is 0 Å². The Balaban J connectivity index is 2.25. The maximum atomic E-state index is 14.9. The second-order valence-electron chi connectivity index (χ2n) is 7.19. The minimum Gasteiger partial charge on any atom is -0.497 e. The van der Waals surface area contributed by atoms with Gasteiger partial charge in [-0.2, -0.15) is 0 Å². The monoisotopic (exact) mass is 461 g/mol. The molecular formula is C23H24FNO6S. The molecule has 0 bridgehead atoms. The molecule has 0 radical (unpaired) electrons. The van der Waals surface area contributed by atoms with Crippen LogP contribution in [0.15, 0.2) is 47.4 Å². The fourth-order valence-corrected chi connectivity index (χ4v) is 4.22. The first-order chi connectivity index (χ1) is 15.3. The number of aromatic nitrogens is 1. The topological polar surface area (TPSA) is 91.7 Å². The fraction of sp³-hybridized carbons (Fsp3) is 0.304. The summed E-state index contributed by atoms with van der Waals surface area (Å²) in [6, 6.07) is 9.29. The Morgan fingerprint density at radius 2 is 1.84 bits per heavy atom. The van der Waals surface area contributed by atoms with E-state index < -0.39 is 26.8 Å². The highest BCUT2D eigenvalue weighted by Crippen LogP contribution is 2.30. The minimum absolute atomic E-state index is 0.0813. The second kappa shape index (κ2) is 9.95. The summed E-state index contributed by atoms with van der Waals surface area (Å²) in [4.78, 5) is 24.0. The van der Waals surface area contributed by atoms with Gasteiger partial charge < -0.3 is 18.8 Å². The molecule has 3 aromatic rings. The summed E-state index contributed by atoms with van der Waals surface area (Å²) in [7, 11) is -2.13. The number of pyridine rings is 1. The molecule has 0 aliphatic heterocycles. The molecule has 0 unspecified atom stereocenters. The van der Waals surface area contributed by atoms with Crippen molar-refractivity contribution in [2.24, 2.45) is 0 Å². The van der Waals surface area contributed by atoms with Gasteiger partial charge in [0.2, 0.25) is 0 Å². The second-order valence-corrected chi connectivity index (χ2v) is 9.42. The van der Waals surface area contributed by atoms with E-state index in [0.29, 0.717) is 30.6 Å². The first-order valence-electron chi connectivity index (χ1n) is 10.1. The van der Waals surface area contributed by atoms with Gasteiger partial charge in [0.15, 0.2) is 15.3 Å². The van der Waals surface area contributed by atoms with Gasteiger partial charge in [0.1, 0.15) is 29.4 Å². The van der Waals surface area contributed by atoms with Crippen molar-refractivity contribution in [2.45, 2.75) is 19.9 Å². The molecule has 0 N–H and O–H groups in total. The minimum atomic E-state index is -3.65. The van der Waals surface area contributed by atoms with Crippen molar-refractivity contribution in [1.82, 2.24) is 4.57 Å². The van der Waals surface area contributed by atoms with Crippen molar-refractivity contribution in [2.75, 3.05) is 25.2 Å². The predicted octanol–water partition coefficient (Wildman–Crippen LogP) is 3.22. The van der Waals surface area contributed by atoms with Gasteiger partial charge in [-0.05, 0) is 36.2 Å². The summed E-state index contributed by atoms with van der Waals surface area (Å²) >= 11 is 0. The van der Waals surface area contributed by atoms with Crippen LogP contribution in [0, 0.1) is 5.82 Å². The third-order valence-electron chi connectivity index (χ3n) is 4.96. The van der Waals surface area contributed by atoms with Crippen LogP contribution < -0.4 is 14.9 Å². The molecule has 0 spiro atoms. The van der Waals surface area contributed by atoms with Gasteiger partial charge in [-0.15, -0.1) is 0 Å². The van der Waals surface area contributed by atoms with Crippen molar-refractivity contribution < 1.29 is 27.1 Å². The van der Waals surface area contributed by atoms with Crippen molar-refractivity contribution >= 4 is 27.0 Å². The molecule has 32 heavy (non-hydrogen) atoms. The van der Waals surface area contributed by atoms with Crippen LogP contribution in [0.25, 0.3) is 22.0 Å². The lowest BCUT2D eigenvalue weighted by molar-refractivity contribution is -0.105. The lowest BCUT2D eigenvalue weighted by atomic mass is 10.0. The summed E-state index contributed by atoms with van der Waals surface area (Å²) < 4.78 is 51.5. The molecule has 0 saturated carbocycles. The number of benzene rings is 2. The van der Waals surface area contributed by atoms with E-state index in [1.165, 1.54) is 30.0 Å². The molecule has 0 saturated heterocycles. The predicted molar refractivity (Wildman–Crippen MR) is 121 cm³/mol. The van der Waals surface area contributed by atoms with Crippen LogP contribution in [0.2, 0.25) is 0 Å². The number of aldehydes is 1. The highest BCUT2D eigenvalue weighted by atomic mass is 32.2. The van der Waals surface area contributed by atoms with Crippen molar-refractivity contribution in [3.8, 4) is 22.6 Å². The number of hydrogen-bond donors (Lipinski definition) is 0. The van der Waals surface area contributed by atoms with E-state index in [1.54, 1.807) is 24.3 Å². The summed E-state index contributed by atoms with van der Waals surface area (Å²) in [6.07, 6.45) is 2.53. The average Bonchev–Trinajstić information content (AvgIpc) is 2.78. The molecule has 0 aliphatic carbocycles. The van der Waals surface area contributed by atoms with Crippen LogP contribution in [0.3, 0.4) is 0 Å². The quantitative estimate of drug-likeness (QED) is 0.431. The zero-order valence-electron chi connectivity index (χ0n) is 17.8. The Morgan fingerprint density at radius 1 is 1.12 bits per heavy atom. The van der Waals surface area contributed by atoms with Gasteiger partial charge in [0.05, 0.1) is 30.4 Å². The van der Waals surface area contributed by atoms with Gasteiger partial charge >= 0.3 is 0 Å². The standard InChI is InChI=1S/C23H24FNO6S/c1-3-12-31-20-9-8-19(24)21-22(20)25(10-13-32(28,29)14-11-26)15-18(23(21)27)16-4-6-17(30-2)7-5-16/h4-9,11,15H,3,10,12-14H2,1-2H3. The number of aryl methyl sites for hydroxylation is 1. The number of nitrogens with zero attached hydrogens (tertiary/aromatic N) is 1. The zero-order valence-corrected chi connectivity index (χ0v) is 18.7. The Labute approximate surface area is 185 Å². The molecule has 1 heterocycles. The summed E-state index contributed by atoms with van der Waals surface area (Å²) in [5.41, 5.74) is 0.389. The fourth-order valence-electron chi connectivity index (χ4n) is 3.37. The Bertz CT molecular complexity index is 1280. The van der Waals surface area contributed by atoms with Crippen LogP contribution in [-0.4, -0.2) is 44.5 Å². The molecule has 3 rings (SSSR count). The van der Waals surface area contributed by atoms with E-state index in [2.05, 4.69) is 0 Å². The van der Waals surface area contributed by atoms with E-state index in [1.807, 2.05) is 6.92 Å². The lowest BCUT2D eigenvalue weighted by Gasteiger charge is -2.17. The third-order valence-corrected chi connectivity index (χ3v) is 6.41. The summed E-state index contributed by atoms with van der Waals surface area (Å²) in [6.45, 7) is 2.17. The number of hydrogen-bond acceptors (Lipinski definition) is 6. The maximum Gasteiger partial charge on any atom is 0.200 e. The number of halogens is 1. The van der Waals surface area contributed by atoms with E-state index in [9.17, 15) is 22.4 Å². The highest BCUT2D eigenvalue weighted by Gasteiger charge is 2.20. The van der Waals surface area contributed by atoms with Crippen molar-refractivity contribution in [3.05, 3.63) is 58.6 Å². The largest absolute Gasteiger partial charge is 0.497 e. The summed E-state index contributed by atoms with van der Waals surface area (Å²) in [5, 5.41) is -0.181. The van der Waals surface area contributed by atoms with Gasteiger partial charge in [-0.25, -0.2) is 12.8 Å². The molecule has 0 amide bonds. The molecule has 1 aromatic heterocycles. The van der Waals surface area contributed by atoms with Gasteiger partial charge in [-0.1, -0.05) is 19.1 Å². The maximum absolute atomic E-state index is 14.9. The number of rotatable bonds is 10. The first kappa shape index (κ1) is 23.5. The van der Waals surface area contributed by atoms with Crippen LogP contribution in [0.5, 0.6) is 11.5 Å². The van der Waals surface area contributed by atoms with Gasteiger partial charge in [0, 0.05) is 18.3 Å². The molecule has 0 atom stereocenters. The van der Waals surface area contributed by atoms with Gasteiger partial charge in [-0.3, -0.25) is 4.79 Å².